The molecule has 2 aromatic carbocycles. The average molecular weight is 1380 g/mol. The van der Waals surface area contributed by atoms with E-state index in [4.69, 9.17) is 53.8 Å². The molecule has 2 saturated heterocycles. The Kier molecular flexibility index (Phi) is 32.4. The molecule has 0 unspecified atom stereocenters. The van der Waals surface area contributed by atoms with E-state index in [2.05, 4.69) is 26.9 Å². The third-order valence-electron chi connectivity index (χ3n) is 15.9. The lowest BCUT2D eigenvalue weighted by Crippen LogP contribution is -2.60. The summed E-state index contributed by atoms with van der Waals surface area (Å²) in [6, 6.07) is 5.71. The molecular formula is C64H95N7O22S2. The number of aliphatic carboxylic acids is 1. The molecule has 2 aliphatic heterocycles. The van der Waals surface area contributed by atoms with Crippen molar-refractivity contribution in [2.45, 2.75) is 167 Å². The number of aliphatic hydroxyl groups excluding tert-OH is 4. The Balaban J connectivity index is 1.34. The van der Waals surface area contributed by atoms with E-state index in [1.807, 2.05) is 39.6 Å². The summed E-state index contributed by atoms with van der Waals surface area (Å²) in [5.74, 6) is -3.49. The second-order valence-electron chi connectivity index (χ2n) is 24.2. The maximum absolute atomic E-state index is 14.9. The number of aliphatic hydroxyl groups is 4. The van der Waals surface area contributed by atoms with E-state index in [0.29, 0.717) is 57.6 Å². The van der Waals surface area contributed by atoms with E-state index >= 15 is 0 Å². The van der Waals surface area contributed by atoms with E-state index in [0.717, 1.165) is 42.9 Å². The van der Waals surface area contributed by atoms with Crippen molar-refractivity contribution >= 4 is 57.3 Å². The standard InChI is InChI=1S/C64H95N7O22S2/c1-10-12-15-26-88-71(61(80)53(40(5)11-2)69-59(79)47-16-13-14-25-70(47)9)48(39(3)4)35-51(89-41(6)73)60-68-46(38-94-60)58(78)67-44(36-64(7,8)63(81)82)33-42-17-20-45(21-18-42)92-95(83,84)93-50-34-43(57(77)66-24-28-86-30-32-87-31-29-85-27-23-65)19-22-49(50)90-62-56(76)55(75)54(74)52(37-72)91-62/h1,17-22,34,38-40,44,47-48,51-56,62,72,74-76H,11-16,23-33,35-37,65H2,2-9H3,(H,66,77)(H,67,78)(H,69,79)(H,81,82)/t40-,44-,47+,48+,51+,52+,53-,54-,55-,56+,62+/m0/s1. The molecule has 2 aliphatic rings. The number of nitrogens with zero attached hydrogens (tertiary/aromatic N) is 3. The van der Waals surface area contributed by atoms with E-state index in [9.17, 15) is 62.7 Å². The molecule has 1 aromatic heterocycles. The number of carbonyl (C=O) groups excluding carboxylic acids is 5. The Morgan fingerprint density at radius 1 is 0.905 bits per heavy atom. The summed E-state index contributed by atoms with van der Waals surface area (Å²) in [5.41, 5.74) is 4.24. The molecule has 4 amide bonds. The van der Waals surface area contributed by atoms with Crippen LogP contribution < -0.4 is 34.8 Å². The molecule has 0 radical (unpaired) electrons. The first-order valence-electron chi connectivity index (χ1n) is 31.8. The van der Waals surface area contributed by atoms with Crippen LogP contribution in [0.25, 0.3) is 0 Å². The topological polar surface area (TPSA) is 402 Å². The number of piperidine rings is 1. The van der Waals surface area contributed by atoms with Crippen molar-refractivity contribution in [1.82, 2.24) is 30.9 Å². The quantitative estimate of drug-likeness (QED) is 0.0171. The Hall–Kier alpha value is -6.64. The lowest BCUT2D eigenvalue weighted by atomic mass is 9.84. The number of nitrogens with one attached hydrogen (secondary N) is 3. The maximum Gasteiger partial charge on any atom is 0.501 e. The predicted molar refractivity (Wildman–Crippen MR) is 345 cm³/mol. The van der Waals surface area contributed by atoms with Gasteiger partial charge in [0.05, 0.1) is 70.4 Å². The first-order chi connectivity index (χ1) is 45.1. The number of rotatable bonds is 41. The van der Waals surface area contributed by atoms with Gasteiger partial charge in [-0.3, -0.25) is 38.5 Å². The molecule has 530 valence electrons. The van der Waals surface area contributed by atoms with Crippen LogP contribution in [0.2, 0.25) is 0 Å². The lowest BCUT2D eigenvalue weighted by molar-refractivity contribution is -0.277. The molecular weight excluding hydrogens is 1280 g/mol. The maximum atomic E-state index is 14.9. The summed E-state index contributed by atoms with van der Waals surface area (Å²) in [5, 5.41) is 63.0. The van der Waals surface area contributed by atoms with Gasteiger partial charge in [-0.25, -0.2) is 10.0 Å². The Labute approximate surface area is 559 Å². The summed E-state index contributed by atoms with van der Waals surface area (Å²) in [7, 11) is -3.26. The SMILES string of the molecule is C#CCCCON(C(=O)[C@@H](NC(=O)[C@H]1CCCCN1C)[C@@H](C)CC)[C@H](C[C@@H](OC(C)=O)c1nc(C(=O)N[C@@H](Cc2ccc(OS(=O)(=O)Oc3cc(C(=O)NCCOCCOCCOCCN)ccc3O[C@@H]3O[C@H](CO)[C@H](O)[C@H](O)[C@H]3O)cc2)CC(C)(C)C(=O)O)cs1)C(C)C. The molecule has 2 fully saturated rings. The van der Waals surface area contributed by atoms with Gasteiger partial charge in [0, 0.05) is 49.8 Å². The normalized spacial score (nSPS) is 20.1. The Morgan fingerprint density at radius 2 is 1.59 bits per heavy atom. The van der Waals surface area contributed by atoms with Gasteiger partial charge in [0.2, 0.25) is 12.2 Å². The number of hydroxylamine groups is 2. The van der Waals surface area contributed by atoms with Crippen LogP contribution in [0.5, 0.6) is 17.2 Å². The highest BCUT2D eigenvalue weighted by Gasteiger charge is 2.46. The fourth-order valence-corrected chi connectivity index (χ4v) is 11.9. The minimum absolute atomic E-state index is 0.00434. The number of terminal acetylenes is 1. The molecule has 3 aromatic rings. The van der Waals surface area contributed by atoms with E-state index in [-0.39, 0.29) is 92.0 Å². The van der Waals surface area contributed by atoms with Gasteiger partial charge in [-0.05, 0) is 107 Å². The van der Waals surface area contributed by atoms with E-state index < -0.39 is 125 Å². The number of likely N-dealkylation sites (N-methyl/N-ethyl adjacent to an activating group) is 1. The third-order valence-corrected chi connectivity index (χ3v) is 17.6. The third kappa shape index (κ3) is 24.8. The van der Waals surface area contributed by atoms with Crippen molar-refractivity contribution in [3.05, 3.63) is 69.7 Å². The number of benzene rings is 2. The predicted octanol–water partition coefficient (Wildman–Crippen LogP) is 2.81. The molecule has 5 rings (SSSR count). The van der Waals surface area contributed by atoms with E-state index in [1.165, 1.54) is 61.5 Å². The van der Waals surface area contributed by atoms with Gasteiger partial charge in [0.1, 0.15) is 46.9 Å². The van der Waals surface area contributed by atoms with Crippen molar-refractivity contribution in [1.29, 1.82) is 0 Å². The Morgan fingerprint density at radius 3 is 2.21 bits per heavy atom. The monoisotopic (exact) mass is 1380 g/mol. The summed E-state index contributed by atoms with van der Waals surface area (Å²) in [4.78, 5) is 94.6. The molecule has 0 aliphatic carbocycles. The highest BCUT2D eigenvalue weighted by molar-refractivity contribution is 7.82. The van der Waals surface area contributed by atoms with Crippen molar-refractivity contribution < 1.29 is 104 Å². The molecule has 95 heavy (non-hydrogen) atoms. The molecule has 0 saturated carbocycles. The van der Waals surface area contributed by atoms with Crippen molar-refractivity contribution in [3.8, 4) is 29.6 Å². The van der Waals surface area contributed by atoms with Crippen LogP contribution in [0, 0.1) is 29.6 Å². The van der Waals surface area contributed by atoms with Gasteiger partial charge < -0.3 is 84.0 Å². The number of unbranched alkanes of at least 4 members (excludes halogenated alkanes) is 1. The zero-order valence-electron chi connectivity index (χ0n) is 55.2. The van der Waals surface area contributed by atoms with Crippen LogP contribution >= 0.6 is 11.3 Å². The number of carboxylic acid groups (broad SMARTS) is 1. The molecule has 0 bridgehead atoms. The lowest BCUT2D eigenvalue weighted by Gasteiger charge is -2.39. The summed E-state index contributed by atoms with van der Waals surface area (Å²) in [6.45, 7) is 13.8. The van der Waals surface area contributed by atoms with Gasteiger partial charge >= 0.3 is 22.3 Å². The minimum atomic E-state index is -5.14. The smallest absolute Gasteiger partial charge is 0.481 e. The number of carboxylic acids is 1. The van der Waals surface area contributed by atoms with E-state index in [1.54, 1.807) is 0 Å². The van der Waals surface area contributed by atoms with Gasteiger partial charge in [-0.15, -0.1) is 32.1 Å². The van der Waals surface area contributed by atoms with Crippen LogP contribution in [0.3, 0.4) is 0 Å². The molecule has 29 nitrogen and oxygen atoms in total. The molecule has 10 N–H and O–H groups in total. The number of hydrogen-bond acceptors (Lipinski definition) is 25. The zero-order valence-corrected chi connectivity index (χ0v) is 56.8. The number of hydrogen-bond donors (Lipinski definition) is 9. The summed E-state index contributed by atoms with van der Waals surface area (Å²) >= 11 is 1.02. The Bertz CT molecular complexity index is 3090. The van der Waals surface area contributed by atoms with Crippen molar-refractivity contribution in [2.24, 2.45) is 23.0 Å². The van der Waals surface area contributed by atoms with Crippen molar-refractivity contribution in [3.63, 3.8) is 0 Å². The number of aromatic nitrogens is 1. The van der Waals surface area contributed by atoms with Gasteiger partial charge in [0.15, 0.2) is 17.6 Å². The summed E-state index contributed by atoms with van der Waals surface area (Å²) in [6.07, 6.45) is -0.686. The van der Waals surface area contributed by atoms with Gasteiger partial charge in [-0.1, -0.05) is 52.7 Å². The number of ether oxygens (including phenoxy) is 6. The second kappa shape index (κ2) is 38.9. The largest absolute Gasteiger partial charge is 0.501 e. The molecule has 31 heteroatoms. The number of esters is 1. The molecule has 11 atom stereocenters. The first-order valence-corrected chi connectivity index (χ1v) is 34.0. The van der Waals surface area contributed by atoms with Gasteiger partial charge in [-0.2, -0.15) is 0 Å². The fourth-order valence-electron chi connectivity index (χ4n) is 10.3. The van der Waals surface area contributed by atoms with Crippen LogP contribution in [-0.4, -0.2) is 219 Å². The number of nitrogens with two attached hydrogens (primary N) is 1. The molecule has 3 heterocycles. The number of likely N-dealkylation sites (tertiary alicyclic amines) is 1. The van der Waals surface area contributed by atoms with Crippen LogP contribution in [-0.2, 0) is 64.5 Å². The number of amides is 4. The van der Waals surface area contributed by atoms with Gasteiger partial charge in [0.25, 0.3) is 17.7 Å². The second-order valence-corrected chi connectivity index (χ2v) is 26.3. The number of carbonyl (C=O) groups is 6. The first kappa shape index (κ1) is 79.1. The highest BCUT2D eigenvalue weighted by Crippen LogP contribution is 2.36. The highest BCUT2D eigenvalue weighted by atomic mass is 32.3. The van der Waals surface area contributed by atoms with Crippen molar-refractivity contribution in [2.75, 3.05) is 79.5 Å². The minimum Gasteiger partial charge on any atom is -0.481 e. The molecule has 0 spiro atoms. The van der Waals surface area contributed by atoms with Crippen LogP contribution in [0.15, 0.2) is 47.8 Å². The van der Waals surface area contributed by atoms with Crippen LogP contribution in [0.1, 0.15) is 137 Å². The zero-order chi connectivity index (χ0) is 70.0. The van der Waals surface area contributed by atoms with Crippen LogP contribution in [0.4, 0.5) is 0 Å². The summed E-state index contributed by atoms with van der Waals surface area (Å²) < 4.78 is 71.3. The fraction of sp³-hybridized carbons (Fsp3) is 0.641. The number of thiazole rings is 1. The average Bonchev–Trinajstić information content (AvgIpc) is 0.901.